The number of hydrogen-bond acceptors (Lipinski definition) is 2. The Bertz CT molecular complexity index is 178. The van der Waals surface area contributed by atoms with E-state index in [1.807, 2.05) is 34.6 Å². The average Bonchev–Trinajstić information content (AvgIpc) is 2.47. The third-order valence-corrected chi connectivity index (χ3v) is 1.79. The number of imide groups is 1. The van der Waals surface area contributed by atoms with Crippen LogP contribution in [-0.2, 0) is 9.59 Å². The maximum Gasteiger partial charge on any atom is 0.232 e. The van der Waals surface area contributed by atoms with Gasteiger partial charge >= 0.3 is 0 Å². The monoisotopic (exact) mass is 201 g/mol. The number of likely N-dealkylation sites (tertiary alicyclic amines) is 1. The molecule has 84 valence electrons. The number of nitrogens with zero attached hydrogens (tertiary/aromatic N) is 1. The number of amides is 2. The number of rotatable bonds is 1. The third kappa shape index (κ3) is 3.90. The lowest BCUT2D eigenvalue weighted by Gasteiger charge is -2.09. The highest BCUT2D eigenvalue weighted by Crippen LogP contribution is 2.17. The number of carbonyl (C=O) groups is 2. The minimum absolute atomic E-state index is 0.0208. The minimum atomic E-state index is -0.0903. The van der Waals surface area contributed by atoms with Gasteiger partial charge in [0.25, 0.3) is 0 Å². The second-order valence-corrected chi connectivity index (χ2v) is 2.58. The van der Waals surface area contributed by atoms with Gasteiger partial charge in [0.1, 0.15) is 0 Å². The van der Waals surface area contributed by atoms with Crippen molar-refractivity contribution in [1.29, 1.82) is 0 Å². The van der Waals surface area contributed by atoms with E-state index in [1.165, 1.54) is 4.90 Å². The molecular weight excluding hydrogens is 178 g/mol. The Kier molecular flexibility index (Phi) is 9.73. The predicted octanol–water partition coefficient (Wildman–Crippen LogP) is 2.45. The van der Waals surface area contributed by atoms with Crippen LogP contribution in [0.25, 0.3) is 0 Å². The lowest BCUT2D eigenvalue weighted by molar-refractivity contribution is -0.138. The Balaban J connectivity index is 0. The van der Waals surface area contributed by atoms with Crippen molar-refractivity contribution in [3.05, 3.63) is 0 Å². The predicted molar refractivity (Wildman–Crippen MR) is 58.9 cm³/mol. The summed E-state index contributed by atoms with van der Waals surface area (Å²) in [4.78, 5) is 23.3. The van der Waals surface area contributed by atoms with Crippen LogP contribution in [0.1, 0.15) is 48.0 Å². The van der Waals surface area contributed by atoms with Crippen molar-refractivity contribution in [2.45, 2.75) is 48.0 Å². The van der Waals surface area contributed by atoms with Crippen LogP contribution in [0.15, 0.2) is 0 Å². The molecule has 0 aromatic heterocycles. The standard InChI is InChI=1S/C7H11NO2.2C2H6/c1-3-8-6(9)4-5(2)7(8)10;2*1-2/h5H,3-4H2,1-2H3;2*1-2H3. The van der Waals surface area contributed by atoms with E-state index in [1.54, 1.807) is 6.92 Å². The van der Waals surface area contributed by atoms with Crippen LogP contribution in [0.5, 0.6) is 0 Å². The van der Waals surface area contributed by atoms with Crippen molar-refractivity contribution in [3.63, 3.8) is 0 Å². The van der Waals surface area contributed by atoms with E-state index in [2.05, 4.69) is 0 Å². The fourth-order valence-corrected chi connectivity index (χ4v) is 1.18. The molecule has 1 fully saturated rings. The molecule has 14 heavy (non-hydrogen) atoms. The van der Waals surface area contributed by atoms with Gasteiger partial charge in [-0.15, -0.1) is 0 Å². The Labute approximate surface area is 87.5 Å². The van der Waals surface area contributed by atoms with E-state index in [-0.39, 0.29) is 17.7 Å². The first-order valence-corrected chi connectivity index (χ1v) is 5.51. The first-order valence-electron chi connectivity index (χ1n) is 5.51. The Morgan fingerprint density at radius 1 is 1.21 bits per heavy atom. The molecule has 0 spiro atoms. The van der Waals surface area contributed by atoms with Crippen molar-refractivity contribution in [2.24, 2.45) is 5.92 Å². The van der Waals surface area contributed by atoms with Crippen LogP contribution in [0.4, 0.5) is 0 Å². The lowest BCUT2D eigenvalue weighted by Crippen LogP contribution is -2.29. The smallest absolute Gasteiger partial charge is 0.232 e. The molecule has 0 aliphatic carbocycles. The van der Waals surface area contributed by atoms with Gasteiger partial charge in [-0.2, -0.15) is 0 Å². The van der Waals surface area contributed by atoms with E-state index in [9.17, 15) is 9.59 Å². The average molecular weight is 201 g/mol. The Morgan fingerprint density at radius 2 is 1.64 bits per heavy atom. The zero-order chi connectivity index (χ0) is 11.7. The highest BCUT2D eigenvalue weighted by molar-refractivity contribution is 6.03. The van der Waals surface area contributed by atoms with Gasteiger partial charge in [0.15, 0.2) is 0 Å². The van der Waals surface area contributed by atoms with Crippen LogP contribution >= 0.6 is 0 Å². The van der Waals surface area contributed by atoms with E-state index in [4.69, 9.17) is 0 Å². The number of carbonyl (C=O) groups excluding carboxylic acids is 2. The van der Waals surface area contributed by atoms with E-state index in [0.717, 1.165) is 0 Å². The van der Waals surface area contributed by atoms with Crippen LogP contribution in [0.3, 0.4) is 0 Å². The normalized spacial score (nSPS) is 19.6. The topological polar surface area (TPSA) is 37.4 Å². The fraction of sp³-hybridized carbons (Fsp3) is 0.818. The second-order valence-electron chi connectivity index (χ2n) is 2.58. The van der Waals surface area contributed by atoms with Crippen molar-refractivity contribution < 1.29 is 9.59 Å². The molecule has 1 aliphatic heterocycles. The molecule has 0 N–H and O–H groups in total. The molecule has 1 atom stereocenters. The summed E-state index contributed by atoms with van der Waals surface area (Å²) in [5.41, 5.74) is 0. The summed E-state index contributed by atoms with van der Waals surface area (Å²) in [6.07, 6.45) is 0.396. The lowest BCUT2D eigenvalue weighted by atomic mass is 10.1. The molecule has 1 saturated heterocycles. The van der Waals surface area contributed by atoms with Crippen LogP contribution in [-0.4, -0.2) is 23.3 Å². The van der Waals surface area contributed by atoms with Gasteiger partial charge < -0.3 is 0 Å². The third-order valence-electron chi connectivity index (χ3n) is 1.79. The van der Waals surface area contributed by atoms with Crippen LogP contribution in [0, 0.1) is 5.92 Å². The fourth-order valence-electron chi connectivity index (χ4n) is 1.18. The van der Waals surface area contributed by atoms with Crippen LogP contribution in [0.2, 0.25) is 0 Å². The molecule has 2 amide bonds. The molecule has 1 rings (SSSR count). The van der Waals surface area contributed by atoms with Crippen molar-refractivity contribution in [1.82, 2.24) is 4.90 Å². The molecule has 1 unspecified atom stereocenters. The first-order chi connectivity index (χ1) is 6.66. The molecule has 3 nitrogen and oxygen atoms in total. The highest BCUT2D eigenvalue weighted by atomic mass is 16.2. The molecule has 0 bridgehead atoms. The summed E-state index contributed by atoms with van der Waals surface area (Å²) in [6.45, 7) is 12.1. The molecule has 1 aliphatic rings. The summed E-state index contributed by atoms with van der Waals surface area (Å²) in [6, 6.07) is 0. The summed E-state index contributed by atoms with van der Waals surface area (Å²) >= 11 is 0. The SMILES string of the molecule is CC.CC.CCN1C(=O)CC(C)C1=O. The van der Waals surface area contributed by atoms with Crippen molar-refractivity contribution in [2.75, 3.05) is 6.54 Å². The molecule has 3 heteroatoms. The molecule has 1 heterocycles. The molecule has 0 aromatic carbocycles. The van der Waals surface area contributed by atoms with Gasteiger partial charge in [-0.1, -0.05) is 34.6 Å². The Morgan fingerprint density at radius 3 is 1.79 bits per heavy atom. The second kappa shape index (κ2) is 8.73. The van der Waals surface area contributed by atoms with E-state index in [0.29, 0.717) is 13.0 Å². The molecule has 0 saturated carbocycles. The Hall–Kier alpha value is -0.860. The maximum atomic E-state index is 11.1. The zero-order valence-electron chi connectivity index (χ0n) is 10.3. The quantitative estimate of drug-likeness (QED) is 0.611. The summed E-state index contributed by atoms with van der Waals surface area (Å²) < 4.78 is 0. The highest BCUT2D eigenvalue weighted by Gasteiger charge is 2.33. The summed E-state index contributed by atoms with van der Waals surface area (Å²) in [5.74, 6) is -0.139. The summed E-state index contributed by atoms with van der Waals surface area (Å²) in [7, 11) is 0. The minimum Gasteiger partial charge on any atom is -0.283 e. The molecule has 0 aromatic rings. The van der Waals surface area contributed by atoms with Crippen molar-refractivity contribution in [3.8, 4) is 0 Å². The van der Waals surface area contributed by atoms with Crippen molar-refractivity contribution >= 4 is 11.8 Å². The van der Waals surface area contributed by atoms with Gasteiger partial charge in [-0.25, -0.2) is 0 Å². The van der Waals surface area contributed by atoms with Gasteiger partial charge in [0, 0.05) is 18.9 Å². The zero-order valence-corrected chi connectivity index (χ0v) is 10.3. The molecule has 0 radical (unpaired) electrons. The van der Waals surface area contributed by atoms with Gasteiger partial charge in [-0.3, -0.25) is 14.5 Å². The number of hydrogen-bond donors (Lipinski definition) is 0. The van der Waals surface area contributed by atoms with E-state index >= 15 is 0 Å². The first kappa shape index (κ1) is 15.6. The van der Waals surface area contributed by atoms with Gasteiger partial charge in [-0.05, 0) is 6.92 Å². The van der Waals surface area contributed by atoms with Gasteiger partial charge in [0.05, 0.1) is 0 Å². The molecular formula is C11H23NO2. The van der Waals surface area contributed by atoms with Gasteiger partial charge in [0.2, 0.25) is 11.8 Å². The largest absolute Gasteiger partial charge is 0.283 e. The summed E-state index contributed by atoms with van der Waals surface area (Å²) in [5, 5.41) is 0. The van der Waals surface area contributed by atoms with E-state index < -0.39 is 0 Å². The van der Waals surface area contributed by atoms with Crippen LogP contribution < -0.4 is 0 Å². The maximum absolute atomic E-state index is 11.1.